The predicted molar refractivity (Wildman–Crippen MR) is 97.1 cm³/mol. The number of nitrogens with one attached hydrogen (secondary N) is 1. The minimum absolute atomic E-state index is 0. The van der Waals surface area contributed by atoms with Gasteiger partial charge in [0.25, 0.3) is 0 Å². The Labute approximate surface area is 142 Å². The molecular weight excluding hydrogens is 303 g/mol. The lowest BCUT2D eigenvalue weighted by molar-refractivity contribution is 0.169. The fourth-order valence-corrected chi connectivity index (χ4v) is 2.90. The third-order valence-electron chi connectivity index (χ3n) is 4.14. The molecule has 0 saturated carbocycles. The van der Waals surface area contributed by atoms with Crippen molar-refractivity contribution in [3.05, 3.63) is 35.4 Å². The quantitative estimate of drug-likeness (QED) is 0.892. The summed E-state index contributed by atoms with van der Waals surface area (Å²) in [4.78, 5) is 2.61. The molecule has 1 heterocycles. The molecule has 1 saturated heterocycles. The maximum atomic E-state index is 3.43. The normalized spacial score (nSPS) is 17.5. The van der Waals surface area contributed by atoms with Gasteiger partial charge in [-0.05, 0) is 23.0 Å². The number of halogens is 2. The first-order chi connectivity index (χ1) is 9.02. The van der Waals surface area contributed by atoms with Crippen molar-refractivity contribution in [2.75, 3.05) is 26.2 Å². The van der Waals surface area contributed by atoms with Crippen LogP contribution in [0.25, 0.3) is 0 Å². The van der Waals surface area contributed by atoms with Gasteiger partial charge in [-0.3, -0.25) is 4.90 Å². The van der Waals surface area contributed by atoms with Crippen molar-refractivity contribution in [1.29, 1.82) is 0 Å². The lowest BCUT2D eigenvalue weighted by atomic mass is 9.86. The minimum Gasteiger partial charge on any atom is -0.314 e. The van der Waals surface area contributed by atoms with Crippen molar-refractivity contribution in [3.8, 4) is 0 Å². The third kappa shape index (κ3) is 5.45. The summed E-state index contributed by atoms with van der Waals surface area (Å²) in [7, 11) is 0. The van der Waals surface area contributed by atoms with E-state index in [1.54, 1.807) is 0 Å². The van der Waals surface area contributed by atoms with E-state index in [1.165, 1.54) is 30.6 Å². The highest BCUT2D eigenvalue weighted by atomic mass is 35.5. The molecule has 0 aliphatic carbocycles. The number of hydrogen-bond acceptors (Lipinski definition) is 2. The lowest BCUT2D eigenvalue weighted by Crippen LogP contribution is -2.45. The van der Waals surface area contributed by atoms with E-state index in [0.29, 0.717) is 6.04 Å². The van der Waals surface area contributed by atoms with Crippen LogP contribution in [0.15, 0.2) is 24.3 Å². The van der Waals surface area contributed by atoms with E-state index in [2.05, 4.69) is 62.2 Å². The van der Waals surface area contributed by atoms with Crippen LogP contribution in [-0.2, 0) is 5.41 Å². The van der Waals surface area contributed by atoms with Crippen molar-refractivity contribution in [3.63, 3.8) is 0 Å². The number of nitrogens with zero attached hydrogens (tertiary/aromatic N) is 1. The van der Waals surface area contributed by atoms with Gasteiger partial charge in [-0.15, -0.1) is 24.8 Å². The zero-order valence-electron chi connectivity index (χ0n) is 13.7. The van der Waals surface area contributed by atoms with Crippen LogP contribution in [0.4, 0.5) is 0 Å². The van der Waals surface area contributed by atoms with Gasteiger partial charge in [0.2, 0.25) is 0 Å². The predicted octanol–water partition coefficient (Wildman–Crippen LogP) is 4.18. The smallest absolute Gasteiger partial charge is 0.0346 e. The van der Waals surface area contributed by atoms with Gasteiger partial charge in [-0.1, -0.05) is 52.0 Å². The van der Waals surface area contributed by atoms with Crippen molar-refractivity contribution in [1.82, 2.24) is 10.2 Å². The van der Waals surface area contributed by atoms with Gasteiger partial charge in [-0.2, -0.15) is 0 Å². The molecule has 4 heteroatoms. The first-order valence-electron chi connectivity index (χ1n) is 7.57. The molecule has 0 bridgehead atoms. The maximum absolute atomic E-state index is 3.43. The van der Waals surface area contributed by atoms with E-state index in [1.807, 2.05) is 0 Å². The molecular formula is C17H30Cl2N2. The van der Waals surface area contributed by atoms with Gasteiger partial charge in [0.05, 0.1) is 0 Å². The maximum Gasteiger partial charge on any atom is 0.0346 e. The van der Waals surface area contributed by atoms with Gasteiger partial charge in [0.15, 0.2) is 0 Å². The molecule has 1 aromatic rings. The fourth-order valence-electron chi connectivity index (χ4n) is 2.90. The van der Waals surface area contributed by atoms with Gasteiger partial charge >= 0.3 is 0 Å². The van der Waals surface area contributed by atoms with Crippen LogP contribution < -0.4 is 5.32 Å². The van der Waals surface area contributed by atoms with Crippen LogP contribution in [0.1, 0.15) is 51.3 Å². The SMILES string of the molecule is CC[C@@H](c1ccc(C(C)(C)C)cc1)N1CCNCC1.Cl.Cl. The summed E-state index contributed by atoms with van der Waals surface area (Å²) in [5.41, 5.74) is 3.14. The topological polar surface area (TPSA) is 15.3 Å². The fraction of sp³-hybridized carbons (Fsp3) is 0.647. The lowest BCUT2D eigenvalue weighted by Gasteiger charge is -2.35. The summed E-state index contributed by atoms with van der Waals surface area (Å²) in [6, 6.07) is 9.85. The second-order valence-corrected chi connectivity index (χ2v) is 6.58. The summed E-state index contributed by atoms with van der Waals surface area (Å²) in [5, 5.41) is 3.43. The van der Waals surface area contributed by atoms with E-state index in [-0.39, 0.29) is 30.2 Å². The number of benzene rings is 1. The van der Waals surface area contributed by atoms with Crippen LogP contribution in [0.5, 0.6) is 0 Å². The zero-order valence-corrected chi connectivity index (χ0v) is 15.3. The van der Waals surface area contributed by atoms with E-state index < -0.39 is 0 Å². The molecule has 122 valence electrons. The molecule has 21 heavy (non-hydrogen) atoms. The monoisotopic (exact) mass is 332 g/mol. The van der Waals surface area contributed by atoms with E-state index in [9.17, 15) is 0 Å². The highest BCUT2D eigenvalue weighted by Crippen LogP contribution is 2.28. The second kappa shape index (κ2) is 8.99. The largest absolute Gasteiger partial charge is 0.314 e. The Hall–Kier alpha value is -0.280. The second-order valence-electron chi connectivity index (χ2n) is 6.58. The standard InChI is InChI=1S/C17H28N2.2ClH/c1-5-16(19-12-10-18-11-13-19)14-6-8-15(9-7-14)17(2,3)4;;/h6-9,16,18H,5,10-13H2,1-4H3;2*1H/t16-;;/m0../s1. The highest BCUT2D eigenvalue weighted by molar-refractivity contribution is 5.85. The molecule has 1 atom stereocenters. The van der Waals surface area contributed by atoms with Crippen LogP contribution in [-0.4, -0.2) is 31.1 Å². The molecule has 0 spiro atoms. The Kier molecular flexibility index (Phi) is 8.87. The molecule has 0 amide bonds. The average Bonchev–Trinajstić information content (AvgIpc) is 2.40. The molecule has 2 rings (SSSR count). The van der Waals surface area contributed by atoms with Crippen molar-refractivity contribution >= 4 is 24.8 Å². The molecule has 1 aromatic carbocycles. The summed E-state index contributed by atoms with van der Waals surface area (Å²) in [5.74, 6) is 0. The van der Waals surface area contributed by atoms with E-state index in [4.69, 9.17) is 0 Å². The van der Waals surface area contributed by atoms with Crippen LogP contribution in [0.3, 0.4) is 0 Å². The number of hydrogen-bond donors (Lipinski definition) is 1. The number of piperazine rings is 1. The molecule has 1 aliphatic rings. The molecule has 0 aromatic heterocycles. The highest BCUT2D eigenvalue weighted by Gasteiger charge is 2.21. The van der Waals surface area contributed by atoms with Gasteiger partial charge < -0.3 is 5.32 Å². The average molecular weight is 333 g/mol. The first kappa shape index (κ1) is 20.7. The Balaban J connectivity index is 0.00000200. The van der Waals surface area contributed by atoms with Crippen molar-refractivity contribution in [2.24, 2.45) is 0 Å². The molecule has 1 N–H and O–H groups in total. The minimum atomic E-state index is 0. The summed E-state index contributed by atoms with van der Waals surface area (Å²) < 4.78 is 0. The van der Waals surface area contributed by atoms with E-state index >= 15 is 0 Å². The van der Waals surface area contributed by atoms with Crippen LogP contribution in [0.2, 0.25) is 0 Å². The first-order valence-corrected chi connectivity index (χ1v) is 7.57. The summed E-state index contributed by atoms with van der Waals surface area (Å²) >= 11 is 0. The van der Waals surface area contributed by atoms with Crippen molar-refractivity contribution in [2.45, 2.75) is 45.6 Å². The Morgan fingerprint density at radius 1 is 1.05 bits per heavy atom. The molecule has 1 fully saturated rings. The van der Waals surface area contributed by atoms with Crippen molar-refractivity contribution < 1.29 is 0 Å². The van der Waals surface area contributed by atoms with Crippen LogP contribution >= 0.6 is 24.8 Å². The summed E-state index contributed by atoms with van der Waals surface area (Å²) in [6.07, 6.45) is 1.19. The molecule has 1 aliphatic heterocycles. The Morgan fingerprint density at radius 3 is 2.00 bits per heavy atom. The van der Waals surface area contributed by atoms with E-state index in [0.717, 1.165) is 13.1 Å². The van der Waals surface area contributed by atoms with Gasteiger partial charge in [0, 0.05) is 32.2 Å². The van der Waals surface area contributed by atoms with Gasteiger partial charge in [0.1, 0.15) is 0 Å². The molecule has 0 unspecified atom stereocenters. The van der Waals surface area contributed by atoms with Gasteiger partial charge in [-0.25, -0.2) is 0 Å². The summed E-state index contributed by atoms with van der Waals surface area (Å²) in [6.45, 7) is 13.7. The third-order valence-corrected chi connectivity index (χ3v) is 4.14. The Morgan fingerprint density at radius 2 is 1.57 bits per heavy atom. The molecule has 0 radical (unpaired) electrons. The number of rotatable bonds is 3. The zero-order chi connectivity index (χ0) is 13.9. The van der Waals surface area contributed by atoms with Crippen LogP contribution in [0, 0.1) is 0 Å². The Bertz CT molecular complexity index is 392. The molecule has 2 nitrogen and oxygen atoms in total.